The van der Waals surface area contributed by atoms with Crippen molar-refractivity contribution in [3.63, 3.8) is 0 Å². The third-order valence-corrected chi connectivity index (χ3v) is 3.34. The van der Waals surface area contributed by atoms with E-state index in [0.717, 1.165) is 19.4 Å². The van der Waals surface area contributed by atoms with E-state index < -0.39 is 0 Å². The van der Waals surface area contributed by atoms with Crippen LogP contribution in [0.2, 0.25) is 0 Å². The Morgan fingerprint density at radius 3 is 2.69 bits per heavy atom. The summed E-state index contributed by atoms with van der Waals surface area (Å²) < 4.78 is 0. The second-order valence-corrected chi connectivity index (χ2v) is 4.40. The lowest BCUT2D eigenvalue weighted by Gasteiger charge is -2.32. The molecule has 1 nitrogen and oxygen atoms in total. The second kappa shape index (κ2) is 5.20. The van der Waals surface area contributed by atoms with Gasteiger partial charge < -0.3 is 4.90 Å². The van der Waals surface area contributed by atoms with Gasteiger partial charge in [0.05, 0.1) is 0 Å². The van der Waals surface area contributed by atoms with Gasteiger partial charge in [0.2, 0.25) is 0 Å². The number of benzene rings is 1. The Hall–Kier alpha value is -1.24. The number of hydrogen-bond acceptors (Lipinski definition) is 1. The summed E-state index contributed by atoms with van der Waals surface area (Å²) in [6, 6.07) is 8.83. The van der Waals surface area contributed by atoms with Gasteiger partial charge in [0, 0.05) is 18.8 Å². The summed E-state index contributed by atoms with van der Waals surface area (Å²) in [7, 11) is 0. The van der Waals surface area contributed by atoms with Crippen molar-refractivity contribution in [1.82, 2.24) is 4.90 Å². The minimum absolute atomic E-state index is 1.09. The van der Waals surface area contributed by atoms with Crippen molar-refractivity contribution >= 4 is 0 Å². The summed E-state index contributed by atoms with van der Waals surface area (Å²) in [5, 5.41) is 0. The number of nitrogens with zero attached hydrogens (tertiary/aromatic N) is 1. The zero-order valence-electron chi connectivity index (χ0n) is 10.4. The average molecular weight is 215 g/mol. The molecule has 2 rings (SSSR count). The minimum Gasteiger partial charge on any atom is -0.370 e. The molecule has 0 saturated carbocycles. The topological polar surface area (TPSA) is 3.24 Å². The maximum absolute atomic E-state index is 2.53. The lowest BCUT2D eigenvalue weighted by Crippen LogP contribution is -2.29. The molecule has 1 aliphatic rings. The molecule has 86 valence electrons. The minimum atomic E-state index is 1.09. The summed E-state index contributed by atoms with van der Waals surface area (Å²) in [6.45, 7) is 6.74. The monoisotopic (exact) mass is 215 g/mol. The van der Waals surface area contributed by atoms with Gasteiger partial charge in [0.1, 0.15) is 0 Å². The summed E-state index contributed by atoms with van der Waals surface area (Å²) >= 11 is 0. The molecule has 0 N–H and O–H groups in total. The van der Waals surface area contributed by atoms with Crippen LogP contribution in [0.5, 0.6) is 0 Å². The first-order valence-corrected chi connectivity index (χ1v) is 6.36. The average Bonchev–Trinajstić information content (AvgIpc) is 2.35. The van der Waals surface area contributed by atoms with Gasteiger partial charge in [-0.2, -0.15) is 0 Å². The summed E-state index contributed by atoms with van der Waals surface area (Å²) in [4.78, 5) is 2.53. The van der Waals surface area contributed by atoms with Gasteiger partial charge in [-0.05, 0) is 30.4 Å². The van der Waals surface area contributed by atoms with Crippen LogP contribution >= 0.6 is 0 Å². The van der Waals surface area contributed by atoms with Crippen molar-refractivity contribution in [2.24, 2.45) is 0 Å². The molecule has 0 atom stereocenters. The molecule has 1 aromatic rings. The van der Waals surface area contributed by atoms with Crippen LogP contribution in [-0.2, 0) is 13.0 Å². The van der Waals surface area contributed by atoms with Crippen LogP contribution < -0.4 is 0 Å². The van der Waals surface area contributed by atoms with Gasteiger partial charge in [0.25, 0.3) is 0 Å². The Kier molecular flexibility index (Phi) is 3.66. The Labute approximate surface area is 98.8 Å². The molecule has 0 unspecified atom stereocenters. The van der Waals surface area contributed by atoms with Gasteiger partial charge in [-0.3, -0.25) is 0 Å². The number of fused-ring (bicyclic) bond motifs is 1. The predicted molar refractivity (Wildman–Crippen MR) is 69.2 cm³/mol. The number of hydrogen-bond donors (Lipinski definition) is 0. The Morgan fingerprint density at radius 2 is 2.00 bits per heavy atom. The summed E-state index contributed by atoms with van der Waals surface area (Å²) in [5.74, 6) is 0. The highest BCUT2D eigenvalue weighted by molar-refractivity contribution is 5.30. The molecule has 1 heterocycles. The van der Waals surface area contributed by atoms with E-state index in [4.69, 9.17) is 0 Å². The van der Waals surface area contributed by atoms with Crippen molar-refractivity contribution in [1.29, 1.82) is 0 Å². The normalized spacial score (nSPS) is 16.1. The Bertz CT molecular complexity index is 379. The van der Waals surface area contributed by atoms with E-state index in [-0.39, 0.29) is 0 Å². The van der Waals surface area contributed by atoms with Gasteiger partial charge >= 0.3 is 0 Å². The Morgan fingerprint density at radius 1 is 1.25 bits per heavy atom. The molecular formula is C15H21N. The van der Waals surface area contributed by atoms with Crippen LogP contribution in [0.15, 0.2) is 36.0 Å². The fraction of sp³-hybridized carbons (Fsp3) is 0.467. The van der Waals surface area contributed by atoms with E-state index in [9.17, 15) is 0 Å². The molecule has 0 fully saturated rings. The fourth-order valence-corrected chi connectivity index (χ4v) is 2.47. The van der Waals surface area contributed by atoms with Crippen LogP contribution in [0.1, 0.15) is 37.8 Å². The molecule has 1 aliphatic heterocycles. The van der Waals surface area contributed by atoms with Crippen molar-refractivity contribution < 1.29 is 0 Å². The predicted octanol–water partition coefficient (Wildman–Crippen LogP) is 3.75. The quantitative estimate of drug-likeness (QED) is 0.742. The first-order chi connectivity index (χ1) is 7.85. The van der Waals surface area contributed by atoms with Crippen molar-refractivity contribution in [3.05, 3.63) is 47.2 Å². The lowest BCUT2D eigenvalue weighted by molar-refractivity contribution is 0.312. The molecule has 0 aromatic heterocycles. The van der Waals surface area contributed by atoms with Crippen LogP contribution in [0.3, 0.4) is 0 Å². The molecule has 0 amide bonds. The van der Waals surface area contributed by atoms with E-state index in [1.807, 2.05) is 0 Å². The number of rotatable bonds is 3. The lowest BCUT2D eigenvalue weighted by atomic mass is 9.99. The van der Waals surface area contributed by atoms with Gasteiger partial charge in [0.15, 0.2) is 0 Å². The standard InChI is InChI=1S/C15H21N/c1-3-7-15(4-2)16-11-10-13-8-5-6-9-14(13)12-16/h5-9H,3-4,10-12H2,1-2H3. The van der Waals surface area contributed by atoms with Crippen LogP contribution in [0.4, 0.5) is 0 Å². The third kappa shape index (κ3) is 2.29. The fourth-order valence-electron chi connectivity index (χ4n) is 2.47. The zero-order chi connectivity index (χ0) is 11.4. The Balaban J connectivity index is 2.16. The molecule has 0 saturated heterocycles. The van der Waals surface area contributed by atoms with E-state index in [0.29, 0.717) is 0 Å². The highest BCUT2D eigenvalue weighted by Gasteiger charge is 2.16. The molecule has 0 radical (unpaired) electrons. The van der Waals surface area contributed by atoms with Crippen LogP contribution in [0, 0.1) is 0 Å². The van der Waals surface area contributed by atoms with Crippen LogP contribution in [0.25, 0.3) is 0 Å². The molecule has 1 heteroatoms. The van der Waals surface area contributed by atoms with E-state index >= 15 is 0 Å². The zero-order valence-corrected chi connectivity index (χ0v) is 10.4. The second-order valence-electron chi connectivity index (χ2n) is 4.40. The molecule has 0 spiro atoms. The molecular weight excluding hydrogens is 194 g/mol. The maximum atomic E-state index is 2.53. The molecule has 16 heavy (non-hydrogen) atoms. The summed E-state index contributed by atoms with van der Waals surface area (Å²) in [6.07, 6.45) is 5.85. The first kappa shape index (κ1) is 11.3. The maximum Gasteiger partial charge on any atom is 0.0429 e. The largest absolute Gasteiger partial charge is 0.370 e. The van der Waals surface area contributed by atoms with Crippen molar-refractivity contribution in [3.8, 4) is 0 Å². The highest BCUT2D eigenvalue weighted by atomic mass is 15.1. The van der Waals surface area contributed by atoms with Crippen molar-refractivity contribution in [2.45, 2.75) is 39.7 Å². The smallest absolute Gasteiger partial charge is 0.0429 e. The van der Waals surface area contributed by atoms with Gasteiger partial charge in [-0.25, -0.2) is 0 Å². The molecule has 0 bridgehead atoms. The van der Waals surface area contributed by atoms with E-state index in [2.05, 4.69) is 49.1 Å². The van der Waals surface area contributed by atoms with Gasteiger partial charge in [-0.1, -0.05) is 44.2 Å². The van der Waals surface area contributed by atoms with E-state index in [1.165, 1.54) is 29.8 Å². The van der Waals surface area contributed by atoms with Crippen molar-refractivity contribution in [2.75, 3.05) is 6.54 Å². The van der Waals surface area contributed by atoms with E-state index in [1.54, 1.807) is 0 Å². The first-order valence-electron chi connectivity index (χ1n) is 6.36. The van der Waals surface area contributed by atoms with Crippen LogP contribution in [-0.4, -0.2) is 11.4 Å². The third-order valence-electron chi connectivity index (χ3n) is 3.34. The SMILES string of the molecule is CCC=C(CC)N1CCc2ccccc2C1. The molecule has 1 aromatic carbocycles. The number of allylic oxidation sites excluding steroid dienone is 2. The summed E-state index contributed by atoms with van der Waals surface area (Å²) in [5.41, 5.74) is 4.55. The molecule has 0 aliphatic carbocycles. The van der Waals surface area contributed by atoms with Gasteiger partial charge in [-0.15, -0.1) is 0 Å². The highest BCUT2D eigenvalue weighted by Crippen LogP contribution is 2.23.